The molecule has 0 amide bonds. The monoisotopic (exact) mass is 293 g/mol. The molecule has 1 aromatic carbocycles. The van der Waals surface area contributed by atoms with E-state index in [4.69, 9.17) is 0 Å². The Labute approximate surface area is 110 Å². The van der Waals surface area contributed by atoms with E-state index in [9.17, 15) is 0 Å². The van der Waals surface area contributed by atoms with E-state index in [1.807, 2.05) is 17.9 Å². The van der Waals surface area contributed by atoms with E-state index in [-0.39, 0.29) is 0 Å². The van der Waals surface area contributed by atoms with Gasteiger partial charge >= 0.3 is 0 Å². The highest BCUT2D eigenvalue weighted by Crippen LogP contribution is 2.24. The lowest BCUT2D eigenvalue weighted by atomic mass is 10.1. The highest BCUT2D eigenvalue weighted by Gasteiger charge is 2.07. The van der Waals surface area contributed by atoms with Gasteiger partial charge in [-0.1, -0.05) is 28.1 Å². The molecule has 0 aliphatic rings. The minimum absolute atomic E-state index is 0.902. The number of hydrogen-bond acceptors (Lipinski definition) is 2. The van der Waals surface area contributed by atoms with E-state index in [2.05, 4.69) is 57.5 Å². The van der Waals surface area contributed by atoms with Crippen LogP contribution in [0.15, 0.2) is 34.9 Å². The molecular weight excluding hydrogens is 278 g/mol. The van der Waals surface area contributed by atoms with Crippen molar-refractivity contribution in [3.63, 3.8) is 0 Å². The van der Waals surface area contributed by atoms with Crippen LogP contribution in [-0.2, 0) is 6.54 Å². The molecule has 0 bridgehead atoms. The third-order valence-corrected chi connectivity index (χ3v) is 3.36. The van der Waals surface area contributed by atoms with Crippen molar-refractivity contribution in [3.8, 4) is 11.1 Å². The fraction of sp³-hybridized carbons (Fsp3) is 0.308. The van der Waals surface area contributed by atoms with Crippen molar-refractivity contribution in [1.82, 2.24) is 15.1 Å². The lowest BCUT2D eigenvalue weighted by molar-refractivity contribution is 0.572. The van der Waals surface area contributed by atoms with Crippen LogP contribution in [0.1, 0.15) is 5.69 Å². The SMILES string of the molecule is CNCCn1ncc(-c2ccc(Br)cc2)c1C. The molecule has 0 aliphatic heterocycles. The van der Waals surface area contributed by atoms with E-state index >= 15 is 0 Å². The minimum Gasteiger partial charge on any atom is -0.318 e. The van der Waals surface area contributed by atoms with E-state index < -0.39 is 0 Å². The molecule has 0 spiro atoms. The zero-order chi connectivity index (χ0) is 12.3. The first kappa shape index (κ1) is 12.3. The van der Waals surface area contributed by atoms with Crippen molar-refractivity contribution < 1.29 is 0 Å². The average Bonchev–Trinajstić information content (AvgIpc) is 2.69. The Morgan fingerprint density at radius 2 is 2.00 bits per heavy atom. The Hall–Kier alpha value is -1.13. The molecule has 0 saturated carbocycles. The predicted molar refractivity (Wildman–Crippen MR) is 74.0 cm³/mol. The summed E-state index contributed by atoms with van der Waals surface area (Å²) in [6.45, 7) is 3.95. The van der Waals surface area contributed by atoms with Gasteiger partial charge in [0.25, 0.3) is 0 Å². The molecule has 1 aromatic heterocycles. The van der Waals surface area contributed by atoms with Crippen LogP contribution in [0.5, 0.6) is 0 Å². The molecule has 0 unspecified atom stereocenters. The minimum atomic E-state index is 0.902. The fourth-order valence-corrected chi connectivity index (χ4v) is 2.07. The Kier molecular flexibility index (Phi) is 3.97. The summed E-state index contributed by atoms with van der Waals surface area (Å²) in [5.74, 6) is 0. The van der Waals surface area contributed by atoms with Gasteiger partial charge < -0.3 is 5.32 Å². The van der Waals surface area contributed by atoms with Crippen LogP contribution in [0.25, 0.3) is 11.1 Å². The smallest absolute Gasteiger partial charge is 0.0571 e. The van der Waals surface area contributed by atoms with Crippen LogP contribution < -0.4 is 5.32 Å². The maximum absolute atomic E-state index is 4.42. The number of rotatable bonds is 4. The summed E-state index contributed by atoms with van der Waals surface area (Å²) in [5, 5.41) is 7.55. The summed E-state index contributed by atoms with van der Waals surface area (Å²) in [6, 6.07) is 8.33. The van der Waals surface area contributed by atoms with Crippen LogP contribution in [0.4, 0.5) is 0 Å². The molecule has 0 fully saturated rings. The van der Waals surface area contributed by atoms with Crippen molar-refractivity contribution >= 4 is 15.9 Å². The van der Waals surface area contributed by atoms with Crippen LogP contribution in [0.2, 0.25) is 0 Å². The second kappa shape index (κ2) is 5.47. The van der Waals surface area contributed by atoms with Gasteiger partial charge in [0.2, 0.25) is 0 Å². The summed E-state index contributed by atoms with van der Waals surface area (Å²) in [7, 11) is 1.95. The molecule has 1 heterocycles. The average molecular weight is 294 g/mol. The van der Waals surface area contributed by atoms with E-state index in [1.54, 1.807) is 0 Å². The van der Waals surface area contributed by atoms with Gasteiger partial charge in [-0.3, -0.25) is 4.68 Å². The molecule has 2 rings (SSSR count). The number of halogens is 1. The summed E-state index contributed by atoms with van der Waals surface area (Å²) < 4.78 is 3.13. The third-order valence-electron chi connectivity index (χ3n) is 2.83. The third kappa shape index (κ3) is 2.76. The van der Waals surface area contributed by atoms with E-state index in [0.717, 1.165) is 17.6 Å². The van der Waals surface area contributed by atoms with Gasteiger partial charge in [0.1, 0.15) is 0 Å². The largest absolute Gasteiger partial charge is 0.318 e. The topological polar surface area (TPSA) is 29.9 Å². The first-order chi connectivity index (χ1) is 8.22. The predicted octanol–water partition coefficient (Wildman–Crippen LogP) is 2.84. The molecule has 3 nitrogen and oxygen atoms in total. The molecule has 1 N–H and O–H groups in total. The van der Waals surface area contributed by atoms with Crippen molar-refractivity contribution in [3.05, 3.63) is 40.6 Å². The van der Waals surface area contributed by atoms with Crippen molar-refractivity contribution in [2.24, 2.45) is 0 Å². The van der Waals surface area contributed by atoms with Gasteiger partial charge in [-0.2, -0.15) is 5.10 Å². The highest BCUT2D eigenvalue weighted by molar-refractivity contribution is 9.10. The molecule has 0 radical (unpaired) electrons. The summed E-state index contributed by atoms with van der Waals surface area (Å²) >= 11 is 3.45. The highest BCUT2D eigenvalue weighted by atomic mass is 79.9. The quantitative estimate of drug-likeness (QED) is 0.939. The fourth-order valence-electron chi connectivity index (χ4n) is 1.80. The second-order valence-electron chi connectivity index (χ2n) is 3.98. The number of nitrogens with one attached hydrogen (secondary N) is 1. The van der Waals surface area contributed by atoms with Crippen molar-refractivity contribution in [2.75, 3.05) is 13.6 Å². The molecule has 0 aliphatic carbocycles. The number of likely N-dealkylation sites (N-methyl/N-ethyl adjacent to an activating group) is 1. The standard InChI is InChI=1S/C13H16BrN3/c1-10-13(9-16-17(10)8-7-15-2)11-3-5-12(14)6-4-11/h3-6,9,15H,7-8H2,1-2H3. The number of nitrogens with zero attached hydrogens (tertiary/aromatic N) is 2. The second-order valence-corrected chi connectivity index (χ2v) is 4.89. The zero-order valence-electron chi connectivity index (χ0n) is 10.1. The van der Waals surface area contributed by atoms with Crippen molar-refractivity contribution in [2.45, 2.75) is 13.5 Å². The molecule has 2 aromatic rings. The van der Waals surface area contributed by atoms with Crippen molar-refractivity contribution in [1.29, 1.82) is 0 Å². The lowest BCUT2D eigenvalue weighted by Gasteiger charge is -2.05. The molecule has 0 saturated heterocycles. The van der Waals surface area contributed by atoms with Crippen LogP contribution >= 0.6 is 15.9 Å². The molecular formula is C13H16BrN3. The Morgan fingerprint density at radius 3 is 2.65 bits per heavy atom. The van der Waals surface area contributed by atoms with Gasteiger partial charge in [-0.15, -0.1) is 0 Å². The van der Waals surface area contributed by atoms with E-state index in [0.29, 0.717) is 0 Å². The lowest BCUT2D eigenvalue weighted by Crippen LogP contribution is -2.16. The summed E-state index contributed by atoms with van der Waals surface area (Å²) in [4.78, 5) is 0. The van der Waals surface area contributed by atoms with E-state index in [1.165, 1.54) is 16.8 Å². The van der Waals surface area contributed by atoms with Crippen LogP contribution in [0.3, 0.4) is 0 Å². The first-order valence-electron chi connectivity index (χ1n) is 5.65. The van der Waals surface area contributed by atoms with Gasteiger partial charge in [-0.05, 0) is 31.7 Å². The van der Waals surface area contributed by atoms with Gasteiger partial charge in [-0.25, -0.2) is 0 Å². The van der Waals surface area contributed by atoms with Gasteiger partial charge in [0.15, 0.2) is 0 Å². The van der Waals surface area contributed by atoms with Crippen LogP contribution in [-0.4, -0.2) is 23.4 Å². The molecule has 17 heavy (non-hydrogen) atoms. The Balaban J connectivity index is 2.27. The maximum atomic E-state index is 4.42. The normalized spacial score (nSPS) is 10.8. The molecule has 4 heteroatoms. The zero-order valence-corrected chi connectivity index (χ0v) is 11.7. The van der Waals surface area contributed by atoms with Crippen LogP contribution in [0, 0.1) is 6.92 Å². The Bertz CT molecular complexity index is 488. The van der Waals surface area contributed by atoms with Gasteiger partial charge in [0, 0.05) is 22.3 Å². The molecule has 0 atom stereocenters. The molecule has 90 valence electrons. The number of aromatic nitrogens is 2. The van der Waals surface area contributed by atoms with Gasteiger partial charge in [0.05, 0.1) is 12.7 Å². The number of hydrogen-bond donors (Lipinski definition) is 1. The summed E-state index contributed by atoms with van der Waals surface area (Å²) in [6.07, 6.45) is 1.94. The summed E-state index contributed by atoms with van der Waals surface area (Å²) in [5.41, 5.74) is 3.62. The first-order valence-corrected chi connectivity index (χ1v) is 6.44. The maximum Gasteiger partial charge on any atom is 0.0571 e. The number of benzene rings is 1. The Morgan fingerprint density at radius 1 is 1.29 bits per heavy atom.